The molecule has 1 heterocycles. The molecule has 1 unspecified atom stereocenters. The van der Waals surface area contributed by atoms with Crippen molar-refractivity contribution < 1.29 is 34.0 Å². The molecule has 0 bridgehead atoms. The molecule has 1 aliphatic rings. The van der Waals surface area contributed by atoms with Crippen LogP contribution in [0.2, 0.25) is 0 Å². The molecule has 0 radical (unpaired) electrons. The molecule has 2 rings (SSSR count). The van der Waals surface area contributed by atoms with Crippen molar-refractivity contribution in [2.24, 2.45) is 0 Å². The minimum Gasteiger partial charge on any atom is -0.493 e. The van der Waals surface area contributed by atoms with E-state index < -0.39 is 11.9 Å². The average Bonchev–Trinajstić information content (AvgIpc) is 3.09. The standard InChI is InChI=1S/C14H21NO3.C2H2O4/c1-16-13-6-2-3-7-14(13)18-10-8-15-11-12-5-4-9-17-12;3-1(4)2(5)6/h2-3,6-7,12,15H,4-5,8-11H2,1H3;(H,3,4)(H,5,6). The molecule has 1 saturated heterocycles. The van der Waals surface area contributed by atoms with Crippen molar-refractivity contribution >= 4 is 11.9 Å². The summed E-state index contributed by atoms with van der Waals surface area (Å²) in [5.74, 6) is -2.08. The predicted octanol–water partition coefficient (Wildman–Crippen LogP) is 0.998. The maximum Gasteiger partial charge on any atom is 0.414 e. The Kier molecular flexibility index (Phi) is 9.25. The van der Waals surface area contributed by atoms with Crippen molar-refractivity contribution in [3.8, 4) is 11.5 Å². The van der Waals surface area contributed by atoms with Gasteiger partial charge >= 0.3 is 11.9 Å². The molecule has 1 aliphatic heterocycles. The summed E-state index contributed by atoms with van der Waals surface area (Å²) < 4.78 is 16.4. The molecule has 1 aromatic rings. The van der Waals surface area contributed by atoms with Crippen LogP contribution >= 0.6 is 0 Å². The highest BCUT2D eigenvalue weighted by molar-refractivity contribution is 6.27. The van der Waals surface area contributed by atoms with Crippen molar-refractivity contribution in [2.75, 3.05) is 33.4 Å². The number of hydrogen-bond acceptors (Lipinski definition) is 6. The van der Waals surface area contributed by atoms with Crippen molar-refractivity contribution in [1.82, 2.24) is 5.32 Å². The number of benzene rings is 1. The van der Waals surface area contributed by atoms with Crippen molar-refractivity contribution in [3.05, 3.63) is 24.3 Å². The Morgan fingerprint density at radius 1 is 1.25 bits per heavy atom. The van der Waals surface area contributed by atoms with Gasteiger partial charge in [0, 0.05) is 19.7 Å². The fourth-order valence-corrected chi connectivity index (χ4v) is 2.04. The Labute approximate surface area is 140 Å². The van der Waals surface area contributed by atoms with Crippen molar-refractivity contribution in [1.29, 1.82) is 0 Å². The second-order valence-corrected chi connectivity index (χ2v) is 4.95. The van der Waals surface area contributed by atoms with Crippen LogP contribution in [0.25, 0.3) is 0 Å². The summed E-state index contributed by atoms with van der Waals surface area (Å²) in [5, 5.41) is 18.1. The molecule has 0 amide bonds. The van der Waals surface area contributed by atoms with E-state index in [2.05, 4.69) is 5.32 Å². The SMILES string of the molecule is COc1ccccc1OCCNCC1CCCO1.O=C(O)C(=O)O. The van der Waals surface area contributed by atoms with Crippen molar-refractivity contribution in [3.63, 3.8) is 0 Å². The van der Waals surface area contributed by atoms with Crippen LogP contribution in [0.4, 0.5) is 0 Å². The zero-order valence-electron chi connectivity index (χ0n) is 13.6. The van der Waals surface area contributed by atoms with Crippen LogP contribution in [0.15, 0.2) is 24.3 Å². The number of carbonyl (C=O) groups is 2. The molecule has 0 spiro atoms. The Bertz CT molecular complexity index is 503. The minimum absolute atomic E-state index is 0.385. The number of para-hydroxylation sites is 2. The number of rotatable bonds is 7. The highest BCUT2D eigenvalue weighted by atomic mass is 16.5. The first-order valence-corrected chi connectivity index (χ1v) is 7.59. The molecule has 1 aromatic carbocycles. The Hall–Kier alpha value is -2.32. The Balaban J connectivity index is 0.000000413. The molecule has 0 aromatic heterocycles. The van der Waals surface area contributed by atoms with E-state index in [4.69, 9.17) is 34.0 Å². The largest absolute Gasteiger partial charge is 0.493 e. The van der Waals surface area contributed by atoms with Gasteiger partial charge in [-0.15, -0.1) is 0 Å². The van der Waals surface area contributed by atoms with Gasteiger partial charge in [-0.25, -0.2) is 9.59 Å². The maximum atomic E-state index is 9.10. The van der Waals surface area contributed by atoms with Gasteiger partial charge < -0.3 is 29.7 Å². The number of nitrogens with one attached hydrogen (secondary N) is 1. The highest BCUT2D eigenvalue weighted by Crippen LogP contribution is 2.25. The first-order chi connectivity index (χ1) is 11.5. The van der Waals surface area contributed by atoms with E-state index in [9.17, 15) is 0 Å². The van der Waals surface area contributed by atoms with Gasteiger partial charge in [0.1, 0.15) is 6.61 Å². The quantitative estimate of drug-likeness (QED) is 0.497. The molecule has 8 nitrogen and oxygen atoms in total. The van der Waals surface area contributed by atoms with E-state index in [1.54, 1.807) is 7.11 Å². The summed E-state index contributed by atoms with van der Waals surface area (Å²) in [5.41, 5.74) is 0. The van der Waals surface area contributed by atoms with E-state index in [1.165, 1.54) is 12.8 Å². The monoisotopic (exact) mass is 341 g/mol. The number of aliphatic carboxylic acids is 2. The van der Waals surface area contributed by atoms with Gasteiger partial charge in [-0.1, -0.05) is 12.1 Å². The second kappa shape index (κ2) is 11.3. The van der Waals surface area contributed by atoms with Crippen molar-refractivity contribution in [2.45, 2.75) is 18.9 Å². The first-order valence-electron chi connectivity index (χ1n) is 7.59. The minimum atomic E-state index is -1.82. The van der Waals surface area contributed by atoms with Crippen LogP contribution in [0.1, 0.15) is 12.8 Å². The predicted molar refractivity (Wildman–Crippen MR) is 85.6 cm³/mol. The van der Waals surface area contributed by atoms with Crippen LogP contribution in [0, 0.1) is 0 Å². The third kappa shape index (κ3) is 7.80. The lowest BCUT2D eigenvalue weighted by Crippen LogP contribution is -2.29. The van der Waals surface area contributed by atoms with Gasteiger partial charge in [-0.2, -0.15) is 0 Å². The zero-order chi connectivity index (χ0) is 17.8. The lowest BCUT2D eigenvalue weighted by molar-refractivity contribution is -0.159. The van der Waals surface area contributed by atoms with E-state index >= 15 is 0 Å². The molecule has 3 N–H and O–H groups in total. The maximum absolute atomic E-state index is 9.10. The molecule has 8 heteroatoms. The smallest absolute Gasteiger partial charge is 0.414 e. The lowest BCUT2D eigenvalue weighted by Gasteiger charge is -2.12. The first kappa shape index (κ1) is 19.7. The zero-order valence-corrected chi connectivity index (χ0v) is 13.6. The fourth-order valence-electron chi connectivity index (χ4n) is 2.04. The molecular weight excluding hydrogens is 318 g/mol. The van der Waals surface area contributed by atoms with E-state index in [0.29, 0.717) is 12.7 Å². The van der Waals surface area contributed by atoms with Gasteiger partial charge in [0.15, 0.2) is 11.5 Å². The average molecular weight is 341 g/mol. The van der Waals surface area contributed by atoms with Crippen LogP contribution in [-0.4, -0.2) is 61.7 Å². The van der Waals surface area contributed by atoms with E-state index in [1.807, 2.05) is 24.3 Å². The molecule has 134 valence electrons. The topological polar surface area (TPSA) is 114 Å². The molecule has 0 saturated carbocycles. The Morgan fingerprint density at radius 3 is 2.46 bits per heavy atom. The summed E-state index contributed by atoms with van der Waals surface area (Å²) in [6, 6.07) is 7.69. The van der Waals surface area contributed by atoms with Gasteiger partial charge in [-0.3, -0.25) is 0 Å². The summed E-state index contributed by atoms with van der Waals surface area (Å²) in [7, 11) is 1.65. The summed E-state index contributed by atoms with van der Waals surface area (Å²) >= 11 is 0. The fraction of sp³-hybridized carbons (Fsp3) is 0.500. The van der Waals surface area contributed by atoms with Gasteiger partial charge in [0.05, 0.1) is 13.2 Å². The third-order valence-corrected chi connectivity index (χ3v) is 3.18. The van der Waals surface area contributed by atoms with E-state index in [0.717, 1.165) is 31.2 Å². The number of carboxylic acids is 2. The van der Waals surface area contributed by atoms with Crippen LogP contribution < -0.4 is 14.8 Å². The summed E-state index contributed by atoms with van der Waals surface area (Å²) in [6.45, 7) is 3.27. The Morgan fingerprint density at radius 2 is 1.92 bits per heavy atom. The molecule has 1 atom stereocenters. The number of methoxy groups -OCH3 is 1. The molecule has 1 fully saturated rings. The van der Waals surface area contributed by atoms with Gasteiger partial charge in [0.2, 0.25) is 0 Å². The van der Waals surface area contributed by atoms with Gasteiger partial charge in [0.25, 0.3) is 0 Å². The molecule has 24 heavy (non-hydrogen) atoms. The van der Waals surface area contributed by atoms with Gasteiger partial charge in [-0.05, 0) is 25.0 Å². The van der Waals surface area contributed by atoms with Crippen LogP contribution in [0.5, 0.6) is 11.5 Å². The second-order valence-electron chi connectivity index (χ2n) is 4.95. The summed E-state index contributed by atoms with van der Waals surface area (Å²) in [4.78, 5) is 18.2. The summed E-state index contributed by atoms with van der Waals surface area (Å²) in [6.07, 6.45) is 2.74. The number of hydrogen-bond donors (Lipinski definition) is 3. The molecule has 0 aliphatic carbocycles. The highest BCUT2D eigenvalue weighted by Gasteiger charge is 2.14. The van der Waals surface area contributed by atoms with Crippen LogP contribution in [0.3, 0.4) is 0 Å². The number of ether oxygens (including phenoxy) is 3. The molecular formula is C16H23NO7. The third-order valence-electron chi connectivity index (χ3n) is 3.18. The normalized spacial score (nSPS) is 16.0. The van der Waals surface area contributed by atoms with E-state index in [-0.39, 0.29) is 0 Å². The van der Waals surface area contributed by atoms with Crippen LogP contribution in [-0.2, 0) is 14.3 Å². The number of carboxylic acid groups (broad SMARTS) is 2. The lowest BCUT2D eigenvalue weighted by atomic mass is 10.2.